The van der Waals surface area contributed by atoms with Gasteiger partial charge in [0.1, 0.15) is 0 Å². The Morgan fingerprint density at radius 1 is 1.55 bits per heavy atom. The van der Waals surface area contributed by atoms with Crippen molar-refractivity contribution in [3.05, 3.63) is 29.1 Å². The maximum atomic E-state index is 12.5. The van der Waals surface area contributed by atoms with Crippen molar-refractivity contribution in [2.24, 2.45) is 0 Å². The van der Waals surface area contributed by atoms with Gasteiger partial charge < -0.3 is 0 Å². The van der Waals surface area contributed by atoms with Crippen molar-refractivity contribution in [3.63, 3.8) is 0 Å². The van der Waals surface area contributed by atoms with Crippen molar-refractivity contribution < 1.29 is 13.6 Å². The van der Waals surface area contributed by atoms with Crippen LogP contribution in [0.3, 0.4) is 0 Å². The van der Waals surface area contributed by atoms with Crippen LogP contribution >= 0.6 is 0 Å². The number of hydrogen-bond acceptors (Lipinski definition) is 2. The molecule has 0 saturated carbocycles. The maximum absolute atomic E-state index is 12.5. The molecule has 1 rings (SSSR count). The molecular formula is C7H5F2NO. The van der Waals surface area contributed by atoms with E-state index in [1.807, 2.05) is 0 Å². The molecule has 0 atom stereocenters. The monoisotopic (exact) mass is 157 g/mol. The molecule has 58 valence electrons. The van der Waals surface area contributed by atoms with E-state index in [1.54, 1.807) is 0 Å². The van der Waals surface area contributed by atoms with E-state index in [1.165, 1.54) is 13.0 Å². The first-order valence-corrected chi connectivity index (χ1v) is 2.93. The molecule has 0 amide bonds. The summed E-state index contributed by atoms with van der Waals surface area (Å²) in [6.45, 7) is 1.48. The molecule has 0 aliphatic heterocycles. The Balaban J connectivity index is 3.35. The predicted octanol–water partition coefficient (Wildman–Crippen LogP) is 1.48. The third-order valence-corrected chi connectivity index (χ3v) is 1.20. The Hall–Kier alpha value is -1.32. The van der Waals surface area contributed by atoms with Crippen molar-refractivity contribution in [1.82, 2.24) is 4.98 Å². The van der Waals surface area contributed by atoms with E-state index in [2.05, 4.69) is 4.98 Å². The van der Waals surface area contributed by atoms with E-state index >= 15 is 0 Å². The van der Waals surface area contributed by atoms with Crippen LogP contribution in [0.1, 0.15) is 16.1 Å². The van der Waals surface area contributed by atoms with E-state index in [0.717, 1.165) is 0 Å². The molecular weight excluding hydrogens is 152 g/mol. The zero-order valence-corrected chi connectivity index (χ0v) is 5.77. The molecule has 2 nitrogen and oxygen atoms in total. The molecule has 1 aromatic heterocycles. The molecule has 0 aromatic carbocycles. The smallest absolute Gasteiger partial charge is 0.249 e. The Morgan fingerprint density at radius 3 is 2.73 bits per heavy atom. The third kappa shape index (κ3) is 1.39. The fraction of sp³-hybridized carbons (Fsp3) is 0.143. The largest absolute Gasteiger partial charge is 0.298 e. The van der Waals surface area contributed by atoms with Gasteiger partial charge in [0, 0.05) is 5.69 Å². The van der Waals surface area contributed by atoms with Crippen molar-refractivity contribution in [2.75, 3.05) is 0 Å². The van der Waals surface area contributed by atoms with E-state index in [-0.39, 0.29) is 17.5 Å². The number of nitrogens with zero attached hydrogens (tertiary/aromatic N) is 1. The van der Waals surface area contributed by atoms with Crippen molar-refractivity contribution >= 4 is 6.29 Å². The van der Waals surface area contributed by atoms with Gasteiger partial charge in [0.15, 0.2) is 12.1 Å². The number of halogens is 2. The van der Waals surface area contributed by atoms with Gasteiger partial charge in [0.2, 0.25) is 5.95 Å². The van der Waals surface area contributed by atoms with E-state index in [4.69, 9.17) is 0 Å². The van der Waals surface area contributed by atoms with Crippen LogP contribution in [0.15, 0.2) is 6.07 Å². The fourth-order valence-corrected chi connectivity index (χ4v) is 0.729. The second kappa shape index (κ2) is 2.74. The molecule has 0 unspecified atom stereocenters. The lowest BCUT2D eigenvalue weighted by Gasteiger charge is -1.96. The topological polar surface area (TPSA) is 30.0 Å². The number of aryl methyl sites for hydroxylation is 1. The Labute approximate surface area is 61.9 Å². The van der Waals surface area contributed by atoms with Gasteiger partial charge in [-0.3, -0.25) is 4.79 Å². The summed E-state index contributed by atoms with van der Waals surface area (Å²) in [4.78, 5) is 13.3. The van der Waals surface area contributed by atoms with E-state index in [0.29, 0.717) is 0 Å². The van der Waals surface area contributed by atoms with Gasteiger partial charge in [0.05, 0.1) is 5.56 Å². The highest BCUT2D eigenvalue weighted by atomic mass is 19.2. The summed E-state index contributed by atoms with van der Waals surface area (Å²) in [6.07, 6.45) is 0.257. The average Bonchev–Trinajstić information content (AvgIpc) is 1.96. The quantitative estimate of drug-likeness (QED) is 0.456. The number of carbonyl (C=O) groups excluding carboxylic acids is 1. The van der Waals surface area contributed by atoms with Crippen LogP contribution in [0.5, 0.6) is 0 Å². The number of carbonyl (C=O) groups is 1. The minimum Gasteiger partial charge on any atom is -0.298 e. The SMILES string of the molecule is Cc1cc(C=O)c(F)c(F)n1. The van der Waals surface area contributed by atoms with Crippen molar-refractivity contribution in [2.45, 2.75) is 6.92 Å². The zero-order valence-electron chi connectivity index (χ0n) is 5.77. The van der Waals surface area contributed by atoms with Crippen molar-refractivity contribution in [1.29, 1.82) is 0 Å². The third-order valence-electron chi connectivity index (χ3n) is 1.20. The summed E-state index contributed by atoms with van der Waals surface area (Å²) in [5.74, 6) is -2.42. The van der Waals surface area contributed by atoms with E-state index < -0.39 is 11.8 Å². The number of pyridine rings is 1. The molecule has 0 aliphatic rings. The Morgan fingerprint density at radius 2 is 2.18 bits per heavy atom. The number of hydrogen-bond donors (Lipinski definition) is 0. The molecule has 0 aliphatic carbocycles. The summed E-state index contributed by atoms with van der Waals surface area (Å²) in [5, 5.41) is 0. The molecule has 4 heteroatoms. The minimum atomic E-state index is -1.23. The molecule has 0 bridgehead atoms. The molecule has 1 aromatic rings. The van der Waals surface area contributed by atoms with Crippen LogP contribution in [0, 0.1) is 18.7 Å². The summed E-state index contributed by atoms with van der Waals surface area (Å²) >= 11 is 0. The first kappa shape index (κ1) is 7.78. The highest BCUT2D eigenvalue weighted by molar-refractivity contribution is 5.75. The normalized spacial score (nSPS) is 9.73. The standard InChI is InChI=1S/C7H5F2NO/c1-4-2-5(3-11)6(8)7(9)10-4/h2-3H,1H3. The van der Waals surface area contributed by atoms with Gasteiger partial charge in [-0.05, 0) is 13.0 Å². The van der Waals surface area contributed by atoms with Crippen LogP contribution in [0.2, 0.25) is 0 Å². The number of aromatic nitrogens is 1. The van der Waals surface area contributed by atoms with Crippen LogP contribution in [-0.4, -0.2) is 11.3 Å². The zero-order chi connectivity index (χ0) is 8.43. The van der Waals surface area contributed by atoms with Gasteiger partial charge in [-0.25, -0.2) is 9.37 Å². The van der Waals surface area contributed by atoms with Crippen LogP contribution in [0.25, 0.3) is 0 Å². The van der Waals surface area contributed by atoms with Gasteiger partial charge in [-0.1, -0.05) is 0 Å². The predicted molar refractivity (Wildman–Crippen MR) is 34.3 cm³/mol. The fourth-order valence-electron chi connectivity index (χ4n) is 0.729. The summed E-state index contributed by atoms with van der Waals surface area (Å²) in [5.41, 5.74) is -0.0130. The van der Waals surface area contributed by atoms with Gasteiger partial charge in [-0.15, -0.1) is 0 Å². The highest BCUT2D eigenvalue weighted by Gasteiger charge is 2.08. The summed E-state index contributed by atoms with van der Waals surface area (Å²) < 4.78 is 24.9. The number of aldehydes is 1. The molecule has 0 N–H and O–H groups in total. The van der Waals surface area contributed by atoms with Crippen LogP contribution in [-0.2, 0) is 0 Å². The first-order chi connectivity index (χ1) is 5.15. The second-order valence-corrected chi connectivity index (χ2v) is 2.08. The highest BCUT2D eigenvalue weighted by Crippen LogP contribution is 2.08. The molecule has 11 heavy (non-hydrogen) atoms. The molecule has 0 saturated heterocycles. The van der Waals surface area contributed by atoms with Gasteiger partial charge >= 0.3 is 0 Å². The number of rotatable bonds is 1. The van der Waals surface area contributed by atoms with Crippen molar-refractivity contribution in [3.8, 4) is 0 Å². The molecule has 1 heterocycles. The molecule has 0 fully saturated rings. The minimum absolute atomic E-state index is 0.257. The van der Waals surface area contributed by atoms with Gasteiger partial charge in [0.25, 0.3) is 0 Å². The molecule has 0 spiro atoms. The first-order valence-electron chi connectivity index (χ1n) is 2.93. The summed E-state index contributed by atoms with van der Waals surface area (Å²) in [6, 6.07) is 1.19. The van der Waals surface area contributed by atoms with Crippen LogP contribution < -0.4 is 0 Å². The average molecular weight is 157 g/mol. The molecule has 0 radical (unpaired) electrons. The second-order valence-electron chi connectivity index (χ2n) is 2.08. The van der Waals surface area contributed by atoms with Gasteiger partial charge in [-0.2, -0.15) is 4.39 Å². The lowest BCUT2D eigenvalue weighted by molar-refractivity contribution is 0.111. The van der Waals surface area contributed by atoms with Crippen LogP contribution in [0.4, 0.5) is 8.78 Å². The lowest BCUT2D eigenvalue weighted by Crippen LogP contribution is -1.98. The Bertz CT molecular complexity index is 299. The van der Waals surface area contributed by atoms with E-state index in [9.17, 15) is 13.6 Å². The maximum Gasteiger partial charge on any atom is 0.249 e. The lowest BCUT2D eigenvalue weighted by atomic mass is 10.2. The Kier molecular flexibility index (Phi) is 1.94. The summed E-state index contributed by atoms with van der Waals surface area (Å²) in [7, 11) is 0.